The lowest BCUT2D eigenvalue weighted by atomic mass is 10.0. The molecule has 0 aliphatic carbocycles. The van der Waals surface area contributed by atoms with E-state index in [1.54, 1.807) is 0 Å². The molecule has 3 unspecified atom stereocenters. The number of phosphoric ester groups is 1. The van der Waals surface area contributed by atoms with E-state index < -0.39 is 20.0 Å². The first-order valence-corrected chi connectivity index (χ1v) is 39.8. The minimum absolute atomic E-state index is 0.0401. The second kappa shape index (κ2) is 68.3. The first-order valence-electron chi connectivity index (χ1n) is 38.3. The van der Waals surface area contributed by atoms with Crippen LogP contribution in [-0.4, -0.2) is 74.3 Å². The van der Waals surface area contributed by atoms with E-state index in [4.69, 9.17) is 13.8 Å². The molecule has 0 aromatic carbocycles. The van der Waals surface area contributed by atoms with Crippen LogP contribution in [0.25, 0.3) is 0 Å². The largest absolute Gasteiger partial charge is 0.472 e. The summed E-state index contributed by atoms with van der Waals surface area (Å²) in [4.78, 5) is 38.0. The number of allylic oxidation sites excluding steroid dienone is 11. The molecule has 2 N–H and O–H groups in total. The van der Waals surface area contributed by atoms with Crippen molar-refractivity contribution in [2.45, 2.75) is 380 Å². The van der Waals surface area contributed by atoms with Crippen molar-refractivity contribution in [1.29, 1.82) is 0 Å². The number of carbonyl (C=O) groups excluding carboxylic acids is 2. The van der Waals surface area contributed by atoms with Gasteiger partial charge in [-0.2, -0.15) is 0 Å². The second-order valence-electron chi connectivity index (χ2n) is 27.2. The van der Waals surface area contributed by atoms with E-state index in [0.29, 0.717) is 23.9 Å². The van der Waals surface area contributed by atoms with Gasteiger partial charge in [0.05, 0.1) is 33.8 Å². The monoisotopic (exact) mass is 1270 g/mol. The van der Waals surface area contributed by atoms with Crippen LogP contribution in [-0.2, 0) is 27.9 Å². The van der Waals surface area contributed by atoms with Gasteiger partial charge in [-0.25, -0.2) is 4.57 Å². The second-order valence-corrected chi connectivity index (χ2v) is 28.6. The summed E-state index contributed by atoms with van der Waals surface area (Å²) in [6.07, 6.45) is 90.7. The van der Waals surface area contributed by atoms with Crippen LogP contribution in [0.1, 0.15) is 367 Å². The maximum atomic E-state index is 13.6. The predicted molar refractivity (Wildman–Crippen MR) is 388 cm³/mol. The summed E-state index contributed by atoms with van der Waals surface area (Å²) in [5, 5.41) is 3.08. The molecule has 1 amide bonds. The molecule has 3 atom stereocenters. The topological polar surface area (TPSA) is 111 Å². The quantitative estimate of drug-likeness (QED) is 0.0205. The third-order valence-electron chi connectivity index (χ3n) is 17.1. The van der Waals surface area contributed by atoms with Crippen LogP contribution in [0.15, 0.2) is 72.9 Å². The number of carbonyl (C=O) groups is 2. The van der Waals surface area contributed by atoms with Crippen LogP contribution in [0.3, 0.4) is 0 Å². The van der Waals surface area contributed by atoms with Crippen LogP contribution in [0, 0.1) is 0 Å². The van der Waals surface area contributed by atoms with Crippen molar-refractivity contribution in [2.24, 2.45) is 0 Å². The van der Waals surface area contributed by atoms with Crippen LogP contribution in [0.2, 0.25) is 0 Å². The molecular formula is C79H148N2O7P+. The fourth-order valence-corrected chi connectivity index (χ4v) is 12.0. The molecule has 89 heavy (non-hydrogen) atoms. The van der Waals surface area contributed by atoms with Crippen LogP contribution in [0.5, 0.6) is 0 Å². The SMILES string of the molecule is CCCCC/C=C\C/C=C\C/C=C\CCCCCCCCCCCCCCCCC(=O)NC(COP(=O)(O)OCC[N+](C)(C)C)C(/C=C/CCCCCCCCCCC)OC(=O)CCCCCCCCCCCCCCCCC/C=C\C/C=C\CCCCC. The fraction of sp³-hybridized carbons (Fsp3) is 0.823. The zero-order chi connectivity index (χ0) is 64.9. The Labute approximate surface area is 553 Å². The van der Waals surface area contributed by atoms with Crippen molar-refractivity contribution >= 4 is 19.7 Å². The molecule has 0 aromatic heterocycles. The van der Waals surface area contributed by atoms with Gasteiger partial charge < -0.3 is 19.4 Å². The third-order valence-corrected chi connectivity index (χ3v) is 18.1. The number of hydrogen-bond acceptors (Lipinski definition) is 6. The highest BCUT2D eigenvalue weighted by molar-refractivity contribution is 7.47. The van der Waals surface area contributed by atoms with E-state index in [2.05, 4.69) is 86.8 Å². The number of nitrogens with one attached hydrogen (secondary N) is 1. The Kier molecular flexibility index (Phi) is 66.4. The number of hydrogen-bond donors (Lipinski definition) is 2. The van der Waals surface area contributed by atoms with Gasteiger partial charge in [-0.15, -0.1) is 0 Å². The highest BCUT2D eigenvalue weighted by atomic mass is 31.2. The molecule has 0 aromatic rings. The van der Waals surface area contributed by atoms with Gasteiger partial charge in [-0.1, -0.05) is 325 Å². The van der Waals surface area contributed by atoms with Gasteiger partial charge in [0.15, 0.2) is 0 Å². The Morgan fingerprint density at radius 2 is 0.685 bits per heavy atom. The molecular weight excluding hydrogens is 1120 g/mol. The van der Waals surface area contributed by atoms with Crippen LogP contribution in [0.4, 0.5) is 0 Å². The maximum Gasteiger partial charge on any atom is 0.472 e. The summed E-state index contributed by atoms with van der Waals surface area (Å²) < 4.78 is 30.9. The third kappa shape index (κ3) is 69.6. The van der Waals surface area contributed by atoms with E-state index in [0.717, 1.165) is 77.0 Å². The van der Waals surface area contributed by atoms with Crippen LogP contribution >= 0.6 is 7.82 Å². The molecule has 9 nitrogen and oxygen atoms in total. The summed E-state index contributed by atoms with van der Waals surface area (Å²) in [6, 6.07) is -0.851. The lowest BCUT2D eigenvalue weighted by molar-refractivity contribution is -0.870. The highest BCUT2D eigenvalue weighted by Gasteiger charge is 2.30. The molecule has 0 aliphatic rings. The first kappa shape index (κ1) is 86.5. The molecule has 0 spiro atoms. The number of quaternary nitrogens is 1. The van der Waals surface area contributed by atoms with Gasteiger partial charge in [-0.3, -0.25) is 18.6 Å². The van der Waals surface area contributed by atoms with Gasteiger partial charge >= 0.3 is 13.8 Å². The van der Waals surface area contributed by atoms with Crippen molar-refractivity contribution in [2.75, 3.05) is 40.9 Å². The molecule has 0 bridgehead atoms. The Morgan fingerprint density at radius 1 is 0.393 bits per heavy atom. The number of esters is 1. The van der Waals surface area contributed by atoms with E-state index >= 15 is 0 Å². The first-order chi connectivity index (χ1) is 43.4. The molecule has 0 rings (SSSR count). The summed E-state index contributed by atoms with van der Waals surface area (Å²) in [5.74, 6) is -0.492. The smallest absolute Gasteiger partial charge is 0.456 e. The van der Waals surface area contributed by atoms with Crippen molar-refractivity contribution in [3.05, 3.63) is 72.9 Å². The van der Waals surface area contributed by atoms with Crippen molar-refractivity contribution in [3.8, 4) is 0 Å². The van der Waals surface area contributed by atoms with Gasteiger partial charge in [0, 0.05) is 12.8 Å². The Hall–Kier alpha value is -2.55. The maximum absolute atomic E-state index is 13.6. The molecule has 0 fully saturated rings. The number of ether oxygens (including phenoxy) is 1. The normalized spacial score (nSPS) is 13.8. The summed E-state index contributed by atoms with van der Waals surface area (Å²) >= 11 is 0. The minimum atomic E-state index is -4.46. The predicted octanol–water partition coefficient (Wildman–Crippen LogP) is 24.7. The lowest BCUT2D eigenvalue weighted by Gasteiger charge is -2.27. The lowest BCUT2D eigenvalue weighted by Crippen LogP contribution is -2.47. The van der Waals surface area contributed by atoms with Crippen molar-refractivity contribution < 1.29 is 37.3 Å². The number of amides is 1. The Morgan fingerprint density at radius 3 is 1.04 bits per heavy atom. The van der Waals surface area contributed by atoms with E-state index in [9.17, 15) is 19.0 Å². The number of unbranched alkanes of at least 4 members (excludes halogenated alkanes) is 44. The minimum Gasteiger partial charge on any atom is -0.456 e. The van der Waals surface area contributed by atoms with Crippen molar-refractivity contribution in [3.63, 3.8) is 0 Å². The van der Waals surface area contributed by atoms with Gasteiger partial charge in [0.25, 0.3) is 0 Å². The van der Waals surface area contributed by atoms with Gasteiger partial charge in [0.2, 0.25) is 5.91 Å². The highest BCUT2D eigenvalue weighted by Crippen LogP contribution is 2.43. The molecule has 0 saturated carbocycles. The zero-order valence-electron chi connectivity index (χ0n) is 59.7. The molecule has 520 valence electrons. The fourth-order valence-electron chi connectivity index (χ4n) is 11.2. The number of phosphoric acid groups is 1. The zero-order valence-corrected chi connectivity index (χ0v) is 60.6. The average molecular weight is 1270 g/mol. The van der Waals surface area contributed by atoms with E-state index in [1.165, 1.54) is 257 Å². The summed E-state index contributed by atoms with van der Waals surface area (Å²) in [5.41, 5.74) is 0. The van der Waals surface area contributed by atoms with E-state index in [-0.39, 0.29) is 25.1 Å². The standard InChI is InChI=1S/C79H147N2O7P/c1-7-10-13-16-19-22-25-27-29-31-33-35-37-39-40-42-43-45-47-49-51-53-56-59-62-65-68-71-78(82)80-76(75-87-89(84,85)86-74-73-81(4,5)6)77(70-67-64-61-58-55-24-21-18-15-12-9-3)88-79(83)72-69-66-63-60-57-54-52-50-48-46-44-41-38-36-34-32-30-28-26-23-20-17-14-11-8-2/h19-20,22-23,27-30,33,35,67,70,76-77H,7-18,21,24-26,31-32,34,36-66,68-69,71-75H2,1-6H3,(H-,80,82,84,85)/p+1/b22-19-,23-20-,29-27-,30-28-,35-33-,70-67+. The molecule has 0 saturated heterocycles. The van der Waals surface area contributed by atoms with Crippen molar-refractivity contribution in [1.82, 2.24) is 5.32 Å². The molecule has 10 heteroatoms. The molecule has 0 radical (unpaired) electrons. The summed E-state index contributed by atoms with van der Waals surface area (Å²) in [7, 11) is 1.51. The Balaban J connectivity index is 4.91. The van der Waals surface area contributed by atoms with Crippen LogP contribution < -0.4 is 5.32 Å². The molecule has 0 heterocycles. The molecule has 0 aliphatic heterocycles. The number of nitrogens with zero attached hydrogens (tertiary/aromatic N) is 1. The summed E-state index contributed by atoms with van der Waals surface area (Å²) in [6.45, 7) is 7.00. The van der Waals surface area contributed by atoms with Gasteiger partial charge in [-0.05, 0) is 102 Å². The number of rotatable bonds is 70. The van der Waals surface area contributed by atoms with Gasteiger partial charge in [0.1, 0.15) is 19.3 Å². The van der Waals surface area contributed by atoms with E-state index in [1.807, 2.05) is 33.3 Å². The Bertz CT molecular complexity index is 1750. The number of likely N-dealkylation sites (N-methyl/N-ethyl adjacent to an activating group) is 1. The average Bonchev–Trinajstić information content (AvgIpc) is 3.70.